The predicted molar refractivity (Wildman–Crippen MR) is 80.4 cm³/mol. The van der Waals surface area contributed by atoms with Crippen LogP contribution in [0, 0.1) is 0 Å². The third-order valence-electron chi connectivity index (χ3n) is 2.85. The van der Waals surface area contributed by atoms with Crippen molar-refractivity contribution in [2.24, 2.45) is 0 Å². The predicted octanol–water partition coefficient (Wildman–Crippen LogP) is 3.72. The van der Waals surface area contributed by atoms with Crippen molar-refractivity contribution in [3.05, 3.63) is 0 Å². The Morgan fingerprint density at radius 2 is 0.818 bits per heavy atom. The van der Waals surface area contributed by atoms with Gasteiger partial charge in [0, 0.05) is 0 Å². The zero-order valence-corrected chi connectivity index (χ0v) is 17.8. The average molecular weight is 398 g/mol. The molecule has 0 N–H and O–H groups in total. The quantitative estimate of drug-likeness (QED) is 0.392. The van der Waals surface area contributed by atoms with E-state index in [4.69, 9.17) is 20.4 Å². The second-order valence-corrected chi connectivity index (χ2v) is 8.00. The van der Waals surface area contributed by atoms with Crippen molar-refractivity contribution in [2.45, 2.75) is 79.7 Å². The van der Waals surface area contributed by atoms with Crippen LogP contribution in [0.15, 0.2) is 0 Å². The second-order valence-electron chi connectivity index (χ2n) is 4.58. The van der Waals surface area contributed by atoms with Gasteiger partial charge < -0.3 is 0 Å². The summed E-state index contributed by atoms with van der Waals surface area (Å²) < 4.78 is 34.6. The standard InChI is InChI=1S/3C5H11O2.Y/c3*1-3-5(6)7-4-2;/h3*5H,3-4H2,1-2H3;/q3*-1;+3. The minimum absolute atomic E-state index is 0.288. The summed E-state index contributed by atoms with van der Waals surface area (Å²) in [5.74, 6) is 0. The second kappa shape index (κ2) is 15.4. The zero-order valence-electron chi connectivity index (χ0n) is 15.0. The van der Waals surface area contributed by atoms with E-state index in [0.29, 0.717) is 19.8 Å². The molecule has 0 amide bonds. The summed E-state index contributed by atoms with van der Waals surface area (Å²) in [6.45, 7) is 13.7. The maximum atomic E-state index is 5.98. The molecule has 0 aliphatic carbocycles. The molecular weight excluding hydrogens is 365 g/mol. The zero-order chi connectivity index (χ0) is 16.8. The molecule has 0 fully saturated rings. The first-order chi connectivity index (χ1) is 10.6. The van der Waals surface area contributed by atoms with Gasteiger partial charge in [0.05, 0.1) is 0 Å². The van der Waals surface area contributed by atoms with Gasteiger partial charge in [-0.1, -0.05) is 0 Å². The van der Waals surface area contributed by atoms with Crippen molar-refractivity contribution in [2.75, 3.05) is 19.8 Å². The van der Waals surface area contributed by atoms with Crippen molar-refractivity contribution >= 4 is 0 Å². The molecule has 7 heteroatoms. The summed E-state index contributed by atoms with van der Waals surface area (Å²) in [6.07, 6.45) is 1.40. The van der Waals surface area contributed by atoms with Crippen molar-refractivity contribution in [1.29, 1.82) is 0 Å². The summed E-state index contributed by atoms with van der Waals surface area (Å²) in [6, 6.07) is 0. The first-order valence-corrected chi connectivity index (χ1v) is 11.9. The van der Waals surface area contributed by atoms with E-state index < -0.39 is 29.0 Å². The van der Waals surface area contributed by atoms with E-state index in [1.807, 2.05) is 41.5 Å². The molecule has 0 aliphatic rings. The molecule has 132 valence electrons. The molecule has 22 heavy (non-hydrogen) atoms. The number of hydrogen-bond acceptors (Lipinski definition) is 6. The van der Waals surface area contributed by atoms with Crippen LogP contribution in [0.1, 0.15) is 60.8 Å². The molecule has 0 bridgehead atoms. The Morgan fingerprint density at radius 3 is 1.00 bits per heavy atom. The number of ether oxygens (including phenoxy) is 3. The van der Waals surface area contributed by atoms with Gasteiger partial charge in [0.2, 0.25) is 0 Å². The van der Waals surface area contributed by atoms with Gasteiger partial charge in [-0.25, -0.2) is 0 Å². The normalized spacial score (nSPS) is 15.5. The van der Waals surface area contributed by atoms with Gasteiger partial charge in [-0.2, -0.15) is 0 Å². The van der Waals surface area contributed by atoms with Gasteiger partial charge in [0.15, 0.2) is 0 Å². The van der Waals surface area contributed by atoms with Gasteiger partial charge in [0.25, 0.3) is 0 Å². The van der Waals surface area contributed by atoms with Gasteiger partial charge in [0.1, 0.15) is 0 Å². The molecule has 0 spiro atoms. The third-order valence-corrected chi connectivity index (χ3v) is 6.72. The van der Waals surface area contributed by atoms with E-state index in [-0.39, 0.29) is 18.9 Å². The SMILES string of the molecule is CCOC(CC)[O][Y]([O]C(CC)OCC)[O]C(CC)OCC. The van der Waals surface area contributed by atoms with E-state index in [2.05, 4.69) is 0 Å². The molecule has 0 heterocycles. The minimum atomic E-state index is -3.22. The molecule has 0 aromatic carbocycles. The van der Waals surface area contributed by atoms with E-state index in [9.17, 15) is 0 Å². The molecular formula is C15H33O6Y. The molecule has 0 rings (SSSR count). The van der Waals surface area contributed by atoms with Crippen LogP contribution in [0.5, 0.6) is 0 Å². The summed E-state index contributed by atoms with van der Waals surface area (Å²) >= 11 is -3.22. The van der Waals surface area contributed by atoms with Crippen LogP contribution < -0.4 is 0 Å². The summed E-state index contributed by atoms with van der Waals surface area (Å²) in [7, 11) is 0. The van der Waals surface area contributed by atoms with Gasteiger partial charge in [-0.3, -0.25) is 0 Å². The molecule has 0 saturated heterocycles. The van der Waals surface area contributed by atoms with Crippen LogP contribution >= 0.6 is 0 Å². The fourth-order valence-corrected chi connectivity index (χ4v) is 6.09. The first-order valence-electron chi connectivity index (χ1n) is 8.45. The molecule has 6 nitrogen and oxygen atoms in total. The van der Waals surface area contributed by atoms with E-state index in [1.54, 1.807) is 0 Å². The Balaban J connectivity index is 4.71. The van der Waals surface area contributed by atoms with Crippen LogP contribution in [0.25, 0.3) is 0 Å². The van der Waals surface area contributed by atoms with Crippen molar-refractivity contribution < 1.29 is 49.3 Å². The summed E-state index contributed by atoms with van der Waals surface area (Å²) in [5, 5.41) is 0. The van der Waals surface area contributed by atoms with Crippen molar-refractivity contribution in [3.8, 4) is 0 Å². The van der Waals surface area contributed by atoms with E-state index >= 15 is 0 Å². The van der Waals surface area contributed by atoms with Gasteiger partial charge in [-0.15, -0.1) is 0 Å². The Labute approximate surface area is 148 Å². The molecule has 0 saturated carbocycles. The Bertz CT molecular complexity index is 206. The Kier molecular flexibility index (Phi) is 16.0. The fourth-order valence-electron chi connectivity index (χ4n) is 1.79. The average Bonchev–Trinajstić information content (AvgIpc) is 2.53. The maximum absolute atomic E-state index is 5.98. The monoisotopic (exact) mass is 398 g/mol. The summed E-state index contributed by atoms with van der Waals surface area (Å²) in [4.78, 5) is 0. The summed E-state index contributed by atoms with van der Waals surface area (Å²) in [5.41, 5.74) is 0. The van der Waals surface area contributed by atoms with Crippen molar-refractivity contribution in [1.82, 2.24) is 0 Å². The number of hydrogen-bond donors (Lipinski definition) is 0. The molecule has 0 aromatic heterocycles. The topological polar surface area (TPSA) is 55.4 Å². The molecule has 0 aliphatic heterocycles. The Hall–Kier alpha value is 0.864. The molecule has 0 aromatic rings. The van der Waals surface area contributed by atoms with E-state index in [0.717, 1.165) is 19.3 Å². The van der Waals surface area contributed by atoms with Crippen LogP contribution in [0.4, 0.5) is 0 Å². The van der Waals surface area contributed by atoms with Crippen LogP contribution in [-0.2, 0) is 49.3 Å². The number of rotatable bonds is 15. The molecule has 0 radical (unpaired) electrons. The first kappa shape index (κ1) is 22.9. The van der Waals surface area contributed by atoms with Crippen LogP contribution in [0.3, 0.4) is 0 Å². The van der Waals surface area contributed by atoms with Crippen LogP contribution in [-0.4, -0.2) is 38.7 Å². The van der Waals surface area contributed by atoms with E-state index in [1.165, 1.54) is 0 Å². The fraction of sp³-hybridized carbons (Fsp3) is 1.00. The third kappa shape index (κ3) is 10.6. The van der Waals surface area contributed by atoms with Gasteiger partial charge >= 0.3 is 149 Å². The Morgan fingerprint density at radius 1 is 0.545 bits per heavy atom. The van der Waals surface area contributed by atoms with Crippen molar-refractivity contribution in [3.63, 3.8) is 0 Å². The molecule has 3 atom stereocenters. The molecule has 3 unspecified atom stereocenters. The van der Waals surface area contributed by atoms with Crippen LogP contribution in [0.2, 0.25) is 0 Å². The van der Waals surface area contributed by atoms with Gasteiger partial charge in [-0.05, 0) is 0 Å².